The minimum atomic E-state index is -1.07. The maximum Gasteiger partial charge on any atom is 0.184 e. The van der Waals surface area contributed by atoms with Gasteiger partial charge in [0.2, 0.25) is 0 Å². The van der Waals surface area contributed by atoms with E-state index in [-0.39, 0.29) is 17.5 Å². The van der Waals surface area contributed by atoms with Crippen LogP contribution in [0.3, 0.4) is 0 Å². The van der Waals surface area contributed by atoms with Gasteiger partial charge >= 0.3 is 0 Å². The van der Waals surface area contributed by atoms with Crippen molar-refractivity contribution in [3.05, 3.63) is 34.9 Å². The van der Waals surface area contributed by atoms with Crippen LogP contribution >= 0.6 is 0 Å². The molecule has 1 aromatic rings. The van der Waals surface area contributed by atoms with E-state index in [9.17, 15) is 14.7 Å². The Morgan fingerprint density at radius 2 is 1.91 bits per heavy atom. The molecule has 0 radical (unpaired) electrons. The SMILES string of the molecule is COc1cc2c(cc1C)C(=O)C[C@@H]1C2=CC(=O)[C@H](O)C1(C)C. The van der Waals surface area contributed by atoms with Gasteiger partial charge in [-0.3, -0.25) is 9.59 Å². The van der Waals surface area contributed by atoms with Gasteiger partial charge in [0.05, 0.1) is 7.11 Å². The predicted octanol–water partition coefficient (Wildman–Crippen LogP) is 2.56. The highest BCUT2D eigenvalue weighted by molar-refractivity contribution is 6.10. The highest BCUT2D eigenvalue weighted by atomic mass is 16.5. The molecule has 3 rings (SSSR count). The van der Waals surface area contributed by atoms with Crippen molar-refractivity contribution in [2.24, 2.45) is 11.3 Å². The van der Waals surface area contributed by atoms with E-state index in [4.69, 9.17) is 4.74 Å². The van der Waals surface area contributed by atoms with Crippen LogP contribution in [0.4, 0.5) is 0 Å². The maximum atomic E-state index is 12.5. The third kappa shape index (κ3) is 1.94. The summed E-state index contributed by atoms with van der Waals surface area (Å²) in [6, 6.07) is 3.66. The number of carbonyl (C=O) groups excluding carboxylic acids is 2. The largest absolute Gasteiger partial charge is 0.496 e. The van der Waals surface area contributed by atoms with E-state index in [0.717, 1.165) is 16.7 Å². The Morgan fingerprint density at radius 1 is 1.23 bits per heavy atom. The Kier molecular flexibility index (Phi) is 3.25. The summed E-state index contributed by atoms with van der Waals surface area (Å²) in [7, 11) is 1.59. The number of allylic oxidation sites excluding steroid dienone is 1. The first-order chi connectivity index (χ1) is 10.3. The highest BCUT2D eigenvalue weighted by Gasteiger charge is 2.48. The number of hydrogen-bond acceptors (Lipinski definition) is 4. The number of carbonyl (C=O) groups is 2. The molecule has 0 saturated heterocycles. The normalized spacial score (nSPS) is 26.1. The molecule has 0 saturated carbocycles. The van der Waals surface area contributed by atoms with Crippen LogP contribution in [-0.4, -0.2) is 29.9 Å². The lowest BCUT2D eigenvalue weighted by atomic mass is 9.60. The Bertz CT molecular complexity index is 712. The second-order valence-corrected chi connectivity index (χ2v) is 6.77. The summed E-state index contributed by atoms with van der Waals surface area (Å²) in [6.45, 7) is 5.58. The molecule has 0 fully saturated rings. The number of benzene rings is 1. The quantitative estimate of drug-likeness (QED) is 0.865. The smallest absolute Gasteiger partial charge is 0.184 e. The van der Waals surface area contributed by atoms with Gasteiger partial charge in [0.25, 0.3) is 0 Å². The fourth-order valence-electron chi connectivity index (χ4n) is 3.60. The second-order valence-electron chi connectivity index (χ2n) is 6.77. The molecule has 0 heterocycles. The first kappa shape index (κ1) is 15.0. The number of fused-ring (bicyclic) bond motifs is 3. The van der Waals surface area contributed by atoms with E-state index in [1.807, 2.05) is 32.9 Å². The van der Waals surface area contributed by atoms with Gasteiger partial charge in [-0.1, -0.05) is 13.8 Å². The minimum absolute atomic E-state index is 0.0533. The van der Waals surface area contributed by atoms with E-state index in [1.54, 1.807) is 7.11 Å². The molecule has 1 N–H and O–H groups in total. The molecule has 0 amide bonds. The lowest BCUT2D eigenvalue weighted by Gasteiger charge is -2.44. The molecule has 1 aromatic carbocycles. The predicted molar refractivity (Wildman–Crippen MR) is 82.9 cm³/mol. The van der Waals surface area contributed by atoms with Crippen LogP contribution in [-0.2, 0) is 4.79 Å². The van der Waals surface area contributed by atoms with Gasteiger partial charge in [0.1, 0.15) is 11.9 Å². The van der Waals surface area contributed by atoms with Crippen LogP contribution < -0.4 is 4.74 Å². The van der Waals surface area contributed by atoms with E-state index in [2.05, 4.69) is 0 Å². The number of aryl methyl sites for hydroxylation is 1. The third-order valence-corrected chi connectivity index (χ3v) is 5.08. The van der Waals surface area contributed by atoms with E-state index >= 15 is 0 Å². The Morgan fingerprint density at radius 3 is 2.55 bits per heavy atom. The summed E-state index contributed by atoms with van der Waals surface area (Å²) >= 11 is 0. The molecule has 4 nitrogen and oxygen atoms in total. The number of aliphatic hydroxyl groups excluding tert-OH is 1. The first-order valence-electron chi connectivity index (χ1n) is 7.43. The summed E-state index contributed by atoms with van der Waals surface area (Å²) < 4.78 is 5.35. The van der Waals surface area contributed by atoms with Crippen LogP contribution in [0, 0.1) is 18.3 Å². The molecule has 0 spiro atoms. The van der Waals surface area contributed by atoms with Gasteiger partial charge in [-0.2, -0.15) is 0 Å². The molecule has 4 heteroatoms. The fraction of sp³-hybridized carbons (Fsp3) is 0.444. The lowest BCUT2D eigenvalue weighted by molar-refractivity contribution is -0.130. The van der Waals surface area contributed by atoms with Crippen LogP contribution in [0.25, 0.3) is 5.57 Å². The van der Waals surface area contributed by atoms with Gasteiger partial charge in [-0.15, -0.1) is 0 Å². The molecule has 2 atom stereocenters. The first-order valence-corrected chi connectivity index (χ1v) is 7.43. The summed E-state index contributed by atoms with van der Waals surface area (Å²) in [6.07, 6.45) is 0.755. The Hall–Kier alpha value is -1.94. The van der Waals surface area contributed by atoms with Crippen molar-refractivity contribution in [2.45, 2.75) is 33.3 Å². The number of hydrogen-bond donors (Lipinski definition) is 1. The van der Waals surface area contributed by atoms with Crippen molar-refractivity contribution >= 4 is 17.1 Å². The molecular weight excluding hydrogens is 280 g/mol. The van der Waals surface area contributed by atoms with E-state index < -0.39 is 11.5 Å². The van der Waals surface area contributed by atoms with Gasteiger partial charge in [-0.05, 0) is 47.8 Å². The molecule has 2 aliphatic rings. The van der Waals surface area contributed by atoms with Crippen molar-refractivity contribution < 1.29 is 19.4 Å². The number of rotatable bonds is 1. The molecule has 0 aliphatic heterocycles. The van der Waals surface area contributed by atoms with Crippen molar-refractivity contribution in [3.8, 4) is 5.75 Å². The van der Waals surface area contributed by atoms with Crippen LogP contribution in [0.1, 0.15) is 41.8 Å². The van der Waals surface area contributed by atoms with Crippen LogP contribution in [0.5, 0.6) is 5.75 Å². The highest BCUT2D eigenvalue weighted by Crippen LogP contribution is 2.50. The van der Waals surface area contributed by atoms with Gasteiger partial charge in [-0.25, -0.2) is 0 Å². The fourth-order valence-corrected chi connectivity index (χ4v) is 3.60. The molecule has 2 aliphatic carbocycles. The van der Waals surface area contributed by atoms with Crippen LogP contribution in [0.15, 0.2) is 18.2 Å². The van der Waals surface area contributed by atoms with Crippen molar-refractivity contribution in [2.75, 3.05) is 7.11 Å². The van der Waals surface area contributed by atoms with Crippen molar-refractivity contribution in [1.29, 1.82) is 0 Å². The lowest BCUT2D eigenvalue weighted by Crippen LogP contribution is -2.47. The minimum Gasteiger partial charge on any atom is -0.496 e. The van der Waals surface area contributed by atoms with Crippen molar-refractivity contribution in [1.82, 2.24) is 0 Å². The number of methoxy groups -OCH3 is 1. The summed E-state index contributed by atoms with van der Waals surface area (Å²) in [4.78, 5) is 24.7. The number of ketones is 2. The zero-order valence-electron chi connectivity index (χ0n) is 13.3. The van der Waals surface area contributed by atoms with E-state index in [1.165, 1.54) is 6.08 Å². The van der Waals surface area contributed by atoms with Crippen molar-refractivity contribution in [3.63, 3.8) is 0 Å². The summed E-state index contributed by atoms with van der Waals surface area (Å²) in [5, 5.41) is 10.2. The summed E-state index contributed by atoms with van der Waals surface area (Å²) in [5.74, 6) is 0.297. The topological polar surface area (TPSA) is 63.6 Å². The Balaban J connectivity index is 2.26. The zero-order valence-corrected chi connectivity index (χ0v) is 13.3. The van der Waals surface area contributed by atoms with Crippen LogP contribution in [0.2, 0.25) is 0 Å². The Labute approximate surface area is 129 Å². The standard InChI is InChI=1S/C18H20O4/c1-9-5-12-10(7-16(9)22-4)11-6-15(20)17(21)18(2,3)13(11)8-14(12)19/h5-7,13,17,21H,8H2,1-4H3/t13-,17+/m1/s1. The molecule has 22 heavy (non-hydrogen) atoms. The second kappa shape index (κ2) is 4.78. The average Bonchev–Trinajstić information content (AvgIpc) is 2.47. The van der Waals surface area contributed by atoms with Gasteiger partial charge in [0.15, 0.2) is 11.6 Å². The molecule has 0 bridgehead atoms. The number of Topliss-reactive ketones (excluding diaryl/α,β-unsaturated/α-hetero) is 1. The third-order valence-electron chi connectivity index (χ3n) is 5.08. The molecule has 0 aromatic heterocycles. The monoisotopic (exact) mass is 300 g/mol. The maximum absolute atomic E-state index is 12.5. The molecular formula is C18H20O4. The average molecular weight is 300 g/mol. The molecule has 0 unspecified atom stereocenters. The van der Waals surface area contributed by atoms with E-state index in [0.29, 0.717) is 17.7 Å². The van der Waals surface area contributed by atoms with Gasteiger partial charge < -0.3 is 9.84 Å². The summed E-state index contributed by atoms with van der Waals surface area (Å²) in [5.41, 5.74) is 2.48. The zero-order chi connectivity index (χ0) is 16.2. The number of ether oxygens (including phenoxy) is 1. The molecule has 116 valence electrons. The van der Waals surface area contributed by atoms with Gasteiger partial charge in [0, 0.05) is 17.4 Å². The number of aliphatic hydroxyl groups is 1.